The van der Waals surface area contributed by atoms with Gasteiger partial charge in [0.15, 0.2) is 0 Å². The number of hydrogen-bond donors (Lipinski definition) is 0. The standard InChI is InChI=1S/C18H24N2O3/c1-4-6-7-15-12-19-20(17(15)18(21)23-5-2)13-14-8-10-16(22-3)11-9-14/h8-12H,4-7,13H2,1-3H3. The van der Waals surface area contributed by atoms with E-state index in [1.54, 1.807) is 18.0 Å². The Morgan fingerprint density at radius 1 is 1.22 bits per heavy atom. The fourth-order valence-corrected chi connectivity index (χ4v) is 2.43. The molecule has 0 unspecified atom stereocenters. The molecule has 5 nitrogen and oxygen atoms in total. The number of unbranched alkanes of at least 4 members (excludes halogenated alkanes) is 1. The van der Waals surface area contributed by atoms with E-state index in [0.717, 1.165) is 36.1 Å². The third-order valence-electron chi connectivity index (χ3n) is 3.68. The monoisotopic (exact) mass is 316 g/mol. The van der Waals surface area contributed by atoms with E-state index in [4.69, 9.17) is 9.47 Å². The van der Waals surface area contributed by atoms with Crippen LogP contribution in [0, 0.1) is 0 Å². The van der Waals surface area contributed by atoms with Gasteiger partial charge >= 0.3 is 5.97 Å². The van der Waals surface area contributed by atoms with Gasteiger partial charge in [0.05, 0.1) is 26.5 Å². The average Bonchev–Trinajstić information content (AvgIpc) is 2.96. The number of ether oxygens (including phenoxy) is 2. The van der Waals surface area contributed by atoms with Crippen molar-refractivity contribution in [3.8, 4) is 5.75 Å². The second-order valence-corrected chi connectivity index (χ2v) is 5.35. The summed E-state index contributed by atoms with van der Waals surface area (Å²) in [6.07, 6.45) is 4.73. The van der Waals surface area contributed by atoms with Crippen LogP contribution in [0.5, 0.6) is 5.75 Å². The van der Waals surface area contributed by atoms with Gasteiger partial charge in [-0.3, -0.25) is 4.68 Å². The molecule has 0 N–H and O–H groups in total. The van der Waals surface area contributed by atoms with Gasteiger partial charge in [-0.05, 0) is 37.5 Å². The maximum absolute atomic E-state index is 12.3. The Morgan fingerprint density at radius 3 is 2.57 bits per heavy atom. The maximum Gasteiger partial charge on any atom is 0.356 e. The quantitative estimate of drug-likeness (QED) is 0.700. The van der Waals surface area contributed by atoms with Crippen molar-refractivity contribution in [3.05, 3.63) is 47.3 Å². The van der Waals surface area contributed by atoms with E-state index >= 15 is 0 Å². The van der Waals surface area contributed by atoms with Gasteiger partial charge in [0.2, 0.25) is 0 Å². The SMILES string of the molecule is CCCCc1cnn(Cc2ccc(OC)cc2)c1C(=O)OCC. The third kappa shape index (κ3) is 4.34. The Kier molecular flexibility index (Phi) is 6.20. The van der Waals surface area contributed by atoms with Crippen LogP contribution in [0.15, 0.2) is 30.5 Å². The average molecular weight is 316 g/mol. The van der Waals surface area contributed by atoms with Gasteiger partial charge in [-0.15, -0.1) is 0 Å². The minimum Gasteiger partial charge on any atom is -0.497 e. The first-order chi connectivity index (χ1) is 11.2. The molecular formula is C18H24N2O3. The van der Waals surface area contributed by atoms with Crippen molar-refractivity contribution >= 4 is 5.97 Å². The molecule has 0 bridgehead atoms. The first-order valence-corrected chi connectivity index (χ1v) is 8.04. The Labute approximate surface area is 137 Å². The number of hydrogen-bond acceptors (Lipinski definition) is 4. The Bertz CT molecular complexity index is 632. The van der Waals surface area contributed by atoms with Gasteiger partial charge in [-0.2, -0.15) is 5.10 Å². The highest BCUT2D eigenvalue weighted by molar-refractivity contribution is 5.89. The van der Waals surface area contributed by atoms with Crippen molar-refractivity contribution in [2.45, 2.75) is 39.7 Å². The lowest BCUT2D eigenvalue weighted by molar-refractivity contribution is 0.0511. The molecule has 124 valence electrons. The van der Waals surface area contributed by atoms with E-state index in [1.807, 2.05) is 31.2 Å². The molecule has 0 saturated heterocycles. The normalized spacial score (nSPS) is 10.6. The highest BCUT2D eigenvalue weighted by Gasteiger charge is 2.19. The van der Waals surface area contributed by atoms with Crippen LogP contribution in [-0.2, 0) is 17.7 Å². The van der Waals surface area contributed by atoms with E-state index in [9.17, 15) is 4.79 Å². The van der Waals surface area contributed by atoms with Gasteiger partial charge in [-0.25, -0.2) is 4.79 Å². The van der Waals surface area contributed by atoms with Crippen LogP contribution in [0.2, 0.25) is 0 Å². The molecule has 1 heterocycles. The molecule has 0 amide bonds. The molecule has 0 atom stereocenters. The van der Waals surface area contributed by atoms with Crippen molar-refractivity contribution in [1.82, 2.24) is 9.78 Å². The maximum atomic E-state index is 12.3. The molecule has 0 aliphatic heterocycles. The topological polar surface area (TPSA) is 53.4 Å². The molecule has 2 rings (SSSR count). The van der Waals surface area contributed by atoms with E-state index in [-0.39, 0.29) is 5.97 Å². The first kappa shape index (κ1) is 17.1. The highest BCUT2D eigenvalue weighted by Crippen LogP contribution is 2.17. The summed E-state index contributed by atoms with van der Waals surface area (Å²) in [6, 6.07) is 7.75. The number of aromatic nitrogens is 2. The molecule has 0 saturated carbocycles. The van der Waals surface area contributed by atoms with Gasteiger partial charge in [-0.1, -0.05) is 25.5 Å². The molecule has 1 aromatic heterocycles. The second-order valence-electron chi connectivity index (χ2n) is 5.35. The van der Waals surface area contributed by atoms with Crippen LogP contribution in [0.4, 0.5) is 0 Å². The first-order valence-electron chi connectivity index (χ1n) is 8.04. The van der Waals surface area contributed by atoms with E-state index in [2.05, 4.69) is 12.0 Å². The number of carbonyl (C=O) groups is 1. The summed E-state index contributed by atoms with van der Waals surface area (Å²) < 4.78 is 12.1. The van der Waals surface area contributed by atoms with E-state index in [1.165, 1.54) is 0 Å². The number of methoxy groups -OCH3 is 1. The number of esters is 1. The molecule has 5 heteroatoms. The number of nitrogens with zero attached hydrogens (tertiary/aromatic N) is 2. The molecule has 23 heavy (non-hydrogen) atoms. The fourth-order valence-electron chi connectivity index (χ4n) is 2.43. The van der Waals surface area contributed by atoms with Crippen LogP contribution in [-0.4, -0.2) is 29.5 Å². The van der Waals surface area contributed by atoms with Crippen LogP contribution >= 0.6 is 0 Å². The van der Waals surface area contributed by atoms with Gasteiger partial charge in [0.1, 0.15) is 11.4 Å². The van der Waals surface area contributed by atoms with Crippen molar-refractivity contribution < 1.29 is 14.3 Å². The minimum absolute atomic E-state index is 0.301. The molecule has 0 radical (unpaired) electrons. The number of rotatable bonds is 8. The van der Waals surface area contributed by atoms with Crippen LogP contribution < -0.4 is 4.74 Å². The number of carbonyl (C=O) groups excluding carboxylic acids is 1. The Morgan fingerprint density at radius 2 is 1.96 bits per heavy atom. The second kappa shape index (κ2) is 8.36. The molecule has 0 spiro atoms. The molecule has 2 aromatic rings. The summed E-state index contributed by atoms with van der Waals surface area (Å²) in [4.78, 5) is 12.3. The number of benzene rings is 1. The van der Waals surface area contributed by atoms with Crippen molar-refractivity contribution in [2.75, 3.05) is 13.7 Å². The molecular weight excluding hydrogens is 292 g/mol. The third-order valence-corrected chi connectivity index (χ3v) is 3.68. The lowest BCUT2D eigenvalue weighted by atomic mass is 10.1. The van der Waals surface area contributed by atoms with Gasteiger partial charge in [0, 0.05) is 5.56 Å². The summed E-state index contributed by atoms with van der Waals surface area (Å²) >= 11 is 0. The summed E-state index contributed by atoms with van der Waals surface area (Å²) in [7, 11) is 1.64. The predicted molar refractivity (Wildman–Crippen MR) is 88.9 cm³/mol. The van der Waals surface area contributed by atoms with Crippen LogP contribution in [0.1, 0.15) is 48.3 Å². The number of aryl methyl sites for hydroxylation is 1. The van der Waals surface area contributed by atoms with Crippen molar-refractivity contribution in [3.63, 3.8) is 0 Å². The van der Waals surface area contributed by atoms with Crippen molar-refractivity contribution in [1.29, 1.82) is 0 Å². The van der Waals surface area contributed by atoms with Crippen LogP contribution in [0.25, 0.3) is 0 Å². The molecule has 0 fully saturated rings. The molecule has 1 aromatic carbocycles. The highest BCUT2D eigenvalue weighted by atomic mass is 16.5. The Balaban J connectivity index is 2.25. The van der Waals surface area contributed by atoms with Gasteiger partial charge < -0.3 is 9.47 Å². The largest absolute Gasteiger partial charge is 0.497 e. The predicted octanol–water partition coefficient (Wildman–Crippen LogP) is 3.46. The van der Waals surface area contributed by atoms with Crippen molar-refractivity contribution in [2.24, 2.45) is 0 Å². The summed E-state index contributed by atoms with van der Waals surface area (Å²) in [5, 5.41) is 4.39. The summed E-state index contributed by atoms with van der Waals surface area (Å²) in [5.74, 6) is 0.507. The van der Waals surface area contributed by atoms with E-state index in [0.29, 0.717) is 18.8 Å². The fraction of sp³-hybridized carbons (Fsp3) is 0.444. The lowest BCUT2D eigenvalue weighted by Gasteiger charge is -2.09. The lowest BCUT2D eigenvalue weighted by Crippen LogP contribution is -2.16. The summed E-state index contributed by atoms with van der Waals surface area (Å²) in [5.41, 5.74) is 2.58. The smallest absolute Gasteiger partial charge is 0.356 e. The zero-order valence-corrected chi connectivity index (χ0v) is 14.0. The van der Waals surface area contributed by atoms with E-state index < -0.39 is 0 Å². The zero-order valence-electron chi connectivity index (χ0n) is 14.0. The Hall–Kier alpha value is -2.30. The molecule has 0 aliphatic carbocycles. The minimum atomic E-state index is -0.301. The van der Waals surface area contributed by atoms with Crippen LogP contribution in [0.3, 0.4) is 0 Å². The van der Waals surface area contributed by atoms with Gasteiger partial charge in [0.25, 0.3) is 0 Å². The zero-order chi connectivity index (χ0) is 16.7. The molecule has 0 aliphatic rings. The summed E-state index contributed by atoms with van der Waals surface area (Å²) in [6.45, 7) is 4.84.